The molecule has 3 aromatic rings. The molecule has 6 rings (SSSR count). The van der Waals surface area contributed by atoms with E-state index in [9.17, 15) is 4.39 Å². The van der Waals surface area contributed by atoms with Crippen molar-refractivity contribution in [3.8, 4) is 11.3 Å². The number of rotatable bonds is 4. The topological polar surface area (TPSA) is 56.1 Å². The Hall–Kier alpha value is -1.96. The average Bonchev–Trinajstić information content (AvgIpc) is 3.46. The van der Waals surface area contributed by atoms with Gasteiger partial charge in [0, 0.05) is 25.4 Å². The van der Waals surface area contributed by atoms with E-state index in [-0.39, 0.29) is 16.8 Å². The van der Waals surface area contributed by atoms with Gasteiger partial charge in [0.1, 0.15) is 10.8 Å². The molecule has 3 aromatic heterocycles. The third kappa shape index (κ3) is 4.40. The number of anilines is 1. The number of aromatic nitrogens is 4. The number of halogens is 3. The fourth-order valence-corrected chi connectivity index (χ4v) is 6.57. The molecule has 0 unspecified atom stereocenters. The van der Waals surface area contributed by atoms with Crippen molar-refractivity contribution in [2.45, 2.75) is 70.6 Å². The van der Waals surface area contributed by atoms with Gasteiger partial charge in [0.15, 0.2) is 0 Å². The van der Waals surface area contributed by atoms with E-state index < -0.39 is 5.95 Å². The molecular formula is C26H30Cl2FN5O. The van der Waals surface area contributed by atoms with Gasteiger partial charge in [-0.25, -0.2) is 15.0 Å². The van der Waals surface area contributed by atoms with Crippen LogP contribution in [0, 0.1) is 17.8 Å². The summed E-state index contributed by atoms with van der Waals surface area (Å²) < 4.78 is 23.3. The van der Waals surface area contributed by atoms with Crippen molar-refractivity contribution < 1.29 is 9.13 Å². The minimum atomic E-state index is -0.617. The highest BCUT2D eigenvalue weighted by Crippen LogP contribution is 2.40. The van der Waals surface area contributed by atoms with Gasteiger partial charge in [-0.15, -0.1) is 0 Å². The van der Waals surface area contributed by atoms with E-state index >= 15 is 0 Å². The van der Waals surface area contributed by atoms with Crippen LogP contribution in [-0.2, 0) is 11.3 Å². The summed E-state index contributed by atoms with van der Waals surface area (Å²) in [5, 5.41) is 0.626. The lowest BCUT2D eigenvalue weighted by atomic mass is 9.83. The molecule has 0 radical (unpaired) electrons. The van der Waals surface area contributed by atoms with Crippen molar-refractivity contribution in [2.75, 3.05) is 18.1 Å². The molecule has 2 atom stereocenters. The van der Waals surface area contributed by atoms with Gasteiger partial charge < -0.3 is 14.2 Å². The highest BCUT2D eigenvalue weighted by molar-refractivity contribution is 6.31. The summed E-state index contributed by atoms with van der Waals surface area (Å²) in [5.41, 5.74) is 2.21. The first-order valence-electron chi connectivity index (χ1n) is 12.7. The summed E-state index contributed by atoms with van der Waals surface area (Å²) in [7, 11) is 0. The number of imidazole rings is 1. The molecule has 0 N–H and O–H groups in total. The van der Waals surface area contributed by atoms with Crippen molar-refractivity contribution in [3.05, 3.63) is 34.5 Å². The number of morpholine rings is 1. The molecule has 0 aromatic carbocycles. The molecular weight excluding hydrogens is 488 g/mol. The highest BCUT2D eigenvalue weighted by Gasteiger charge is 2.39. The monoisotopic (exact) mass is 517 g/mol. The molecule has 35 heavy (non-hydrogen) atoms. The minimum Gasteiger partial charge on any atom is -0.374 e. The van der Waals surface area contributed by atoms with E-state index in [1.165, 1.54) is 31.9 Å². The van der Waals surface area contributed by atoms with Crippen LogP contribution in [-0.4, -0.2) is 44.8 Å². The molecule has 3 aliphatic rings. The smallest absolute Gasteiger partial charge is 0.222 e. The standard InChI is InChI=1S/C26H30Cl2FN5O/c1-15-5-7-16(8-6-15)14-34-24-19(31-26(34)33-9-10-35-21-4-2-3-20(21)33)12-22(28)32-23(24)18-11-17(27)13-30-25(18)29/h11-13,15-16,20-21H,2-10,14H2,1H3/t15-,16-,20-,21-/m0/s1. The second kappa shape index (κ2) is 9.49. The third-order valence-electron chi connectivity index (χ3n) is 8.05. The third-order valence-corrected chi connectivity index (χ3v) is 8.45. The molecule has 186 valence electrons. The molecule has 2 aliphatic carbocycles. The number of ether oxygens (including phenoxy) is 1. The second-order valence-corrected chi connectivity index (χ2v) is 11.2. The number of nitrogens with zero attached hydrogens (tertiary/aromatic N) is 5. The van der Waals surface area contributed by atoms with Crippen LogP contribution in [0.1, 0.15) is 51.9 Å². The molecule has 4 heterocycles. The first-order valence-corrected chi connectivity index (χ1v) is 13.5. The Balaban J connectivity index is 1.53. The summed E-state index contributed by atoms with van der Waals surface area (Å²) in [4.78, 5) is 16.0. The van der Waals surface area contributed by atoms with Crippen LogP contribution in [0.25, 0.3) is 22.3 Å². The molecule has 2 saturated carbocycles. The van der Waals surface area contributed by atoms with Gasteiger partial charge in [-0.05, 0) is 50.0 Å². The van der Waals surface area contributed by atoms with Crippen LogP contribution in [0.5, 0.6) is 0 Å². The van der Waals surface area contributed by atoms with E-state index in [0.29, 0.717) is 29.3 Å². The van der Waals surface area contributed by atoms with Crippen LogP contribution in [0.15, 0.2) is 18.3 Å². The van der Waals surface area contributed by atoms with E-state index in [1.807, 2.05) is 0 Å². The Labute approximate surface area is 214 Å². The Morgan fingerprint density at radius 2 is 1.91 bits per heavy atom. The van der Waals surface area contributed by atoms with Crippen molar-refractivity contribution in [1.82, 2.24) is 19.5 Å². The zero-order valence-electron chi connectivity index (χ0n) is 19.9. The summed E-state index contributed by atoms with van der Waals surface area (Å²) in [6.45, 7) is 4.63. The van der Waals surface area contributed by atoms with E-state index in [4.69, 9.17) is 32.9 Å². The fourth-order valence-electron chi connectivity index (χ4n) is 6.23. The Morgan fingerprint density at radius 1 is 1.09 bits per heavy atom. The molecule has 3 fully saturated rings. The van der Waals surface area contributed by atoms with Gasteiger partial charge in [-0.3, -0.25) is 0 Å². The molecule has 0 spiro atoms. The zero-order valence-corrected chi connectivity index (χ0v) is 21.4. The SMILES string of the molecule is C[C@H]1CC[C@H](Cn2c(N3CCO[C@H]4CCC[C@@H]43)nc3cc(Cl)nc(-c4cc(Cl)cnc4F)c32)CC1. The normalized spacial score (nSPS) is 26.9. The fraction of sp³-hybridized carbons (Fsp3) is 0.577. The van der Waals surface area contributed by atoms with E-state index in [2.05, 4.69) is 26.4 Å². The maximum Gasteiger partial charge on any atom is 0.222 e. The number of hydrogen-bond acceptors (Lipinski definition) is 5. The number of pyridine rings is 2. The molecule has 0 amide bonds. The average molecular weight is 518 g/mol. The Kier molecular flexibility index (Phi) is 6.35. The summed E-state index contributed by atoms with van der Waals surface area (Å²) in [5.74, 6) is 1.60. The minimum absolute atomic E-state index is 0.239. The maximum atomic E-state index is 15.0. The van der Waals surface area contributed by atoms with Crippen LogP contribution < -0.4 is 4.90 Å². The lowest BCUT2D eigenvalue weighted by molar-refractivity contribution is 0.0247. The van der Waals surface area contributed by atoms with Gasteiger partial charge in [0.25, 0.3) is 0 Å². The van der Waals surface area contributed by atoms with Crippen molar-refractivity contribution in [2.24, 2.45) is 11.8 Å². The van der Waals surface area contributed by atoms with E-state index in [0.717, 1.165) is 55.3 Å². The molecule has 1 saturated heterocycles. The van der Waals surface area contributed by atoms with Gasteiger partial charge >= 0.3 is 0 Å². The molecule has 6 nitrogen and oxygen atoms in total. The summed E-state index contributed by atoms with van der Waals surface area (Å²) in [6.07, 6.45) is 9.71. The first kappa shape index (κ1) is 23.4. The quantitative estimate of drug-likeness (QED) is 0.368. The van der Waals surface area contributed by atoms with E-state index in [1.54, 1.807) is 12.1 Å². The van der Waals surface area contributed by atoms with Gasteiger partial charge in [0.2, 0.25) is 11.9 Å². The van der Waals surface area contributed by atoms with Crippen molar-refractivity contribution >= 4 is 40.2 Å². The molecule has 1 aliphatic heterocycles. The predicted octanol–water partition coefficient (Wildman–Crippen LogP) is 6.52. The Bertz CT molecular complexity index is 1240. The van der Waals surface area contributed by atoms with Gasteiger partial charge in [-0.1, -0.05) is 43.0 Å². The van der Waals surface area contributed by atoms with Crippen LogP contribution in [0.4, 0.5) is 10.3 Å². The Morgan fingerprint density at radius 3 is 2.74 bits per heavy atom. The van der Waals surface area contributed by atoms with Crippen LogP contribution in [0.2, 0.25) is 10.2 Å². The van der Waals surface area contributed by atoms with Crippen LogP contribution in [0.3, 0.4) is 0 Å². The largest absolute Gasteiger partial charge is 0.374 e. The summed E-state index contributed by atoms with van der Waals surface area (Å²) >= 11 is 12.7. The number of hydrogen-bond donors (Lipinski definition) is 0. The van der Waals surface area contributed by atoms with Crippen molar-refractivity contribution in [1.29, 1.82) is 0 Å². The summed E-state index contributed by atoms with van der Waals surface area (Å²) in [6, 6.07) is 3.66. The lowest BCUT2D eigenvalue weighted by Gasteiger charge is -2.39. The number of fused-ring (bicyclic) bond motifs is 2. The lowest BCUT2D eigenvalue weighted by Crippen LogP contribution is -2.49. The molecule has 9 heteroatoms. The van der Waals surface area contributed by atoms with Crippen LogP contribution >= 0.6 is 23.2 Å². The zero-order chi connectivity index (χ0) is 24.1. The molecule has 0 bridgehead atoms. The van der Waals surface area contributed by atoms with Gasteiger partial charge in [-0.2, -0.15) is 4.39 Å². The highest BCUT2D eigenvalue weighted by atomic mass is 35.5. The predicted molar refractivity (Wildman–Crippen MR) is 137 cm³/mol. The van der Waals surface area contributed by atoms with Crippen molar-refractivity contribution in [3.63, 3.8) is 0 Å². The van der Waals surface area contributed by atoms with Gasteiger partial charge in [0.05, 0.1) is 40.4 Å². The first-order chi connectivity index (χ1) is 17.0. The second-order valence-electron chi connectivity index (χ2n) is 10.4. The maximum absolute atomic E-state index is 15.0.